The third kappa shape index (κ3) is 2.43. The standard InChI is InChI=1S/C8H17NO2/c1-2-9-8(5-10)7-3-4-11-6-7/h7-10H,2-6H2,1H3. The minimum atomic E-state index is 0.224. The van der Waals surface area contributed by atoms with Gasteiger partial charge >= 0.3 is 0 Å². The van der Waals surface area contributed by atoms with Gasteiger partial charge in [0.25, 0.3) is 0 Å². The molecule has 1 fully saturated rings. The van der Waals surface area contributed by atoms with E-state index in [1.54, 1.807) is 0 Å². The quantitative estimate of drug-likeness (QED) is 0.606. The van der Waals surface area contributed by atoms with Gasteiger partial charge < -0.3 is 15.2 Å². The van der Waals surface area contributed by atoms with E-state index in [1.165, 1.54) is 0 Å². The van der Waals surface area contributed by atoms with E-state index in [9.17, 15) is 0 Å². The lowest BCUT2D eigenvalue weighted by atomic mass is 10.00. The van der Waals surface area contributed by atoms with Gasteiger partial charge in [-0.2, -0.15) is 0 Å². The maximum Gasteiger partial charge on any atom is 0.0588 e. The normalized spacial score (nSPS) is 27.3. The number of aliphatic hydroxyl groups is 1. The number of rotatable bonds is 4. The molecular weight excluding hydrogens is 142 g/mol. The lowest BCUT2D eigenvalue weighted by molar-refractivity contribution is 0.155. The van der Waals surface area contributed by atoms with Gasteiger partial charge in [0.2, 0.25) is 0 Å². The summed E-state index contributed by atoms with van der Waals surface area (Å²) >= 11 is 0. The van der Waals surface area contributed by atoms with Crippen LogP contribution in [0.1, 0.15) is 13.3 Å². The molecule has 1 heterocycles. The van der Waals surface area contributed by atoms with Crippen LogP contribution in [-0.4, -0.2) is 37.5 Å². The van der Waals surface area contributed by atoms with Gasteiger partial charge in [-0.1, -0.05) is 6.92 Å². The highest BCUT2D eigenvalue weighted by atomic mass is 16.5. The smallest absolute Gasteiger partial charge is 0.0588 e. The van der Waals surface area contributed by atoms with Crippen LogP contribution >= 0.6 is 0 Å². The van der Waals surface area contributed by atoms with Gasteiger partial charge in [0, 0.05) is 18.6 Å². The van der Waals surface area contributed by atoms with E-state index < -0.39 is 0 Å². The zero-order chi connectivity index (χ0) is 8.10. The average molecular weight is 159 g/mol. The highest BCUT2D eigenvalue weighted by Crippen LogP contribution is 2.16. The molecule has 0 aromatic carbocycles. The van der Waals surface area contributed by atoms with Crippen LogP contribution in [0.25, 0.3) is 0 Å². The fourth-order valence-electron chi connectivity index (χ4n) is 1.51. The molecule has 2 atom stereocenters. The van der Waals surface area contributed by atoms with E-state index in [0.29, 0.717) is 5.92 Å². The van der Waals surface area contributed by atoms with Crippen LogP contribution in [0.3, 0.4) is 0 Å². The van der Waals surface area contributed by atoms with Crippen molar-refractivity contribution < 1.29 is 9.84 Å². The average Bonchev–Trinajstić information content (AvgIpc) is 2.52. The summed E-state index contributed by atoms with van der Waals surface area (Å²) in [6.07, 6.45) is 1.08. The molecule has 66 valence electrons. The summed E-state index contributed by atoms with van der Waals surface area (Å²) in [5.74, 6) is 0.514. The second-order valence-electron chi connectivity index (χ2n) is 2.97. The molecule has 0 bridgehead atoms. The summed E-state index contributed by atoms with van der Waals surface area (Å²) in [4.78, 5) is 0. The highest BCUT2D eigenvalue weighted by Gasteiger charge is 2.23. The Kier molecular flexibility index (Phi) is 3.83. The first-order valence-corrected chi connectivity index (χ1v) is 4.30. The van der Waals surface area contributed by atoms with Crippen LogP contribution in [0.4, 0.5) is 0 Å². The Morgan fingerprint density at radius 3 is 3.00 bits per heavy atom. The monoisotopic (exact) mass is 159 g/mol. The molecule has 1 aliphatic rings. The fourth-order valence-corrected chi connectivity index (χ4v) is 1.51. The van der Waals surface area contributed by atoms with Crippen LogP contribution < -0.4 is 5.32 Å². The van der Waals surface area contributed by atoms with Crippen LogP contribution in [0, 0.1) is 5.92 Å². The Bertz CT molecular complexity index is 102. The van der Waals surface area contributed by atoms with Crippen molar-refractivity contribution in [3.05, 3.63) is 0 Å². The Morgan fingerprint density at radius 2 is 2.55 bits per heavy atom. The maximum absolute atomic E-state index is 9.00. The maximum atomic E-state index is 9.00. The van der Waals surface area contributed by atoms with Crippen molar-refractivity contribution in [3.8, 4) is 0 Å². The number of aliphatic hydroxyl groups excluding tert-OH is 1. The molecule has 0 radical (unpaired) electrons. The molecule has 0 amide bonds. The van der Waals surface area contributed by atoms with E-state index in [-0.39, 0.29) is 12.6 Å². The second-order valence-corrected chi connectivity index (χ2v) is 2.97. The molecule has 0 aromatic heterocycles. The SMILES string of the molecule is CCNC(CO)C1CCOC1. The van der Waals surface area contributed by atoms with E-state index in [1.807, 2.05) is 0 Å². The molecule has 2 N–H and O–H groups in total. The lowest BCUT2D eigenvalue weighted by Crippen LogP contribution is -2.39. The number of hydrogen-bond acceptors (Lipinski definition) is 3. The number of hydrogen-bond donors (Lipinski definition) is 2. The van der Waals surface area contributed by atoms with Crippen molar-refractivity contribution in [3.63, 3.8) is 0 Å². The van der Waals surface area contributed by atoms with Gasteiger partial charge in [-0.05, 0) is 13.0 Å². The van der Waals surface area contributed by atoms with Gasteiger partial charge in [0.05, 0.1) is 13.2 Å². The fraction of sp³-hybridized carbons (Fsp3) is 1.00. The molecule has 0 saturated carbocycles. The first-order chi connectivity index (χ1) is 5.38. The van der Waals surface area contributed by atoms with Crippen molar-refractivity contribution in [2.75, 3.05) is 26.4 Å². The number of nitrogens with one attached hydrogen (secondary N) is 1. The summed E-state index contributed by atoms with van der Waals surface area (Å²) in [5, 5.41) is 12.2. The molecule has 1 aliphatic heterocycles. The number of ether oxygens (including phenoxy) is 1. The Morgan fingerprint density at radius 1 is 1.73 bits per heavy atom. The molecule has 3 nitrogen and oxygen atoms in total. The van der Waals surface area contributed by atoms with Crippen molar-refractivity contribution in [1.29, 1.82) is 0 Å². The van der Waals surface area contributed by atoms with Crippen molar-refractivity contribution in [2.24, 2.45) is 5.92 Å². The molecule has 0 aromatic rings. The predicted molar refractivity (Wildman–Crippen MR) is 43.5 cm³/mol. The lowest BCUT2D eigenvalue weighted by Gasteiger charge is -2.20. The van der Waals surface area contributed by atoms with Crippen LogP contribution in [0.15, 0.2) is 0 Å². The number of likely N-dealkylation sites (N-methyl/N-ethyl adjacent to an activating group) is 1. The third-order valence-electron chi connectivity index (χ3n) is 2.20. The summed E-state index contributed by atoms with van der Waals surface area (Å²) in [6, 6.07) is 0.238. The Hall–Kier alpha value is -0.120. The molecule has 1 saturated heterocycles. The van der Waals surface area contributed by atoms with Gasteiger partial charge in [0.1, 0.15) is 0 Å². The third-order valence-corrected chi connectivity index (χ3v) is 2.20. The van der Waals surface area contributed by atoms with Gasteiger partial charge in [-0.3, -0.25) is 0 Å². The largest absolute Gasteiger partial charge is 0.395 e. The highest BCUT2D eigenvalue weighted by molar-refractivity contribution is 4.77. The first-order valence-electron chi connectivity index (χ1n) is 4.30. The van der Waals surface area contributed by atoms with Crippen LogP contribution in [0.2, 0.25) is 0 Å². The molecule has 11 heavy (non-hydrogen) atoms. The zero-order valence-corrected chi connectivity index (χ0v) is 7.05. The van der Waals surface area contributed by atoms with Gasteiger partial charge in [-0.25, -0.2) is 0 Å². The molecule has 1 rings (SSSR count). The van der Waals surface area contributed by atoms with Crippen molar-refractivity contribution in [1.82, 2.24) is 5.32 Å². The molecule has 0 spiro atoms. The minimum Gasteiger partial charge on any atom is -0.395 e. The minimum absolute atomic E-state index is 0.224. The van der Waals surface area contributed by atoms with Gasteiger partial charge in [0.15, 0.2) is 0 Å². The summed E-state index contributed by atoms with van der Waals surface area (Å²) in [6.45, 7) is 4.85. The summed E-state index contributed by atoms with van der Waals surface area (Å²) < 4.78 is 5.24. The molecule has 2 unspecified atom stereocenters. The van der Waals surface area contributed by atoms with E-state index in [2.05, 4.69) is 12.2 Å². The summed E-state index contributed by atoms with van der Waals surface area (Å²) in [5.41, 5.74) is 0. The van der Waals surface area contributed by atoms with E-state index in [0.717, 1.165) is 26.2 Å². The van der Waals surface area contributed by atoms with Crippen LogP contribution in [-0.2, 0) is 4.74 Å². The first kappa shape index (κ1) is 8.97. The topological polar surface area (TPSA) is 41.5 Å². The van der Waals surface area contributed by atoms with Gasteiger partial charge in [-0.15, -0.1) is 0 Å². The Balaban J connectivity index is 2.27. The van der Waals surface area contributed by atoms with E-state index >= 15 is 0 Å². The second kappa shape index (κ2) is 4.70. The molecule has 3 heteroatoms. The van der Waals surface area contributed by atoms with Crippen molar-refractivity contribution >= 4 is 0 Å². The van der Waals surface area contributed by atoms with Crippen molar-refractivity contribution in [2.45, 2.75) is 19.4 Å². The molecule has 0 aliphatic carbocycles. The predicted octanol–water partition coefficient (Wildman–Crippen LogP) is -0.00670. The van der Waals surface area contributed by atoms with Crippen LogP contribution in [0.5, 0.6) is 0 Å². The zero-order valence-electron chi connectivity index (χ0n) is 7.05. The Labute approximate surface area is 67.7 Å². The molecular formula is C8H17NO2. The van der Waals surface area contributed by atoms with E-state index in [4.69, 9.17) is 9.84 Å². The summed E-state index contributed by atoms with van der Waals surface area (Å²) in [7, 11) is 0.